The predicted octanol–water partition coefficient (Wildman–Crippen LogP) is 5.26. The van der Waals surface area contributed by atoms with Gasteiger partial charge in [0, 0.05) is 14.2 Å². The summed E-state index contributed by atoms with van der Waals surface area (Å²) in [6.07, 6.45) is 15.2. The number of aldehydes is 1. The molecule has 0 aromatic heterocycles. The first-order valence-electron chi connectivity index (χ1n) is 12.1. The summed E-state index contributed by atoms with van der Waals surface area (Å²) in [5.74, 6) is 1.13. The molecule has 31 heavy (non-hydrogen) atoms. The maximum atomic E-state index is 12.3. The molecule has 0 amide bonds. The van der Waals surface area contributed by atoms with Crippen LogP contribution in [0.25, 0.3) is 0 Å². The highest BCUT2D eigenvalue weighted by Gasteiger charge is 2.58. The number of hydrogen-bond donors (Lipinski definition) is 0. The van der Waals surface area contributed by atoms with Crippen LogP contribution in [0, 0.1) is 34.5 Å². The maximum absolute atomic E-state index is 12.3. The fourth-order valence-corrected chi connectivity index (χ4v) is 7.60. The van der Waals surface area contributed by atoms with Crippen molar-refractivity contribution in [2.24, 2.45) is 34.5 Å². The van der Waals surface area contributed by atoms with E-state index >= 15 is 0 Å². The average molecular weight is 433 g/mol. The zero-order chi connectivity index (χ0) is 22.1. The molecule has 0 heterocycles. The van der Waals surface area contributed by atoms with Crippen LogP contribution >= 0.6 is 0 Å². The molecule has 5 nitrogen and oxygen atoms in total. The van der Waals surface area contributed by atoms with Crippen LogP contribution in [0.4, 0.5) is 0 Å². The minimum Gasteiger partial charge on any atom is -0.359 e. The first kappa shape index (κ1) is 23.2. The second-order valence-electron chi connectivity index (χ2n) is 10.5. The lowest BCUT2D eigenvalue weighted by atomic mass is 9.50. The molecular formula is C26H40O5. The number of carbonyl (C=O) groups is 1. The topological polar surface area (TPSA) is 54.0 Å². The SMILES string of the molecule is COCOC(OCOC)C(C=O)[C@H]1CC[C@H]2C3=CC=C4CCCC[C@]4(C)[C@H]3CC[C@]12C. The Bertz CT molecular complexity index is 707. The van der Waals surface area contributed by atoms with Crippen molar-refractivity contribution in [3.05, 3.63) is 23.3 Å². The summed E-state index contributed by atoms with van der Waals surface area (Å²) in [6.45, 7) is 5.14. The molecule has 4 rings (SSSR count). The lowest BCUT2D eigenvalue weighted by Crippen LogP contribution is -2.47. The van der Waals surface area contributed by atoms with Crippen LogP contribution in [-0.4, -0.2) is 40.4 Å². The van der Waals surface area contributed by atoms with Gasteiger partial charge in [0.1, 0.15) is 19.9 Å². The van der Waals surface area contributed by atoms with Crippen molar-refractivity contribution in [3.63, 3.8) is 0 Å². The van der Waals surface area contributed by atoms with Crippen molar-refractivity contribution in [1.82, 2.24) is 0 Å². The first-order chi connectivity index (χ1) is 15.0. The second kappa shape index (κ2) is 9.46. The van der Waals surface area contributed by atoms with E-state index in [1.807, 2.05) is 0 Å². The van der Waals surface area contributed by atoms with Gasteiger partial charge in [-0.05, 0) is 73.5 Å². The number of rotatable bonds is 9. The van der Waals surface area contributed by atoms with Gasteiger partial charge < -0.3 is 23.7 Å². The Morgan fingerprint density at radius 3 is 2.42 bits per heavy atom. The average Bonchev–Trinajstić information content (AvgIpc) is 3.12. The van der Waals surface area contributed by atoms with Crippen LogP contribution in [0.1, 0.15) is 65.2 Å². The molecule has 0 bridgehead atoms. The van der Waals surface area contributed by atoms with E-state index in [-0.39, 0.29) is 30.8 Å². The van der Waals surface area contributed by atoms with Crippen LogP contribution in [0.2, 0.25) is 0 Å². The van der Waals surface area contributed by atoms with Crippen molar-refractivity contribution in [3.8, 4) is 0 Å². The van der Waals surface area contributed by atoms with Gasteiger partial charge in [0.15, 0.2) is 6.29 Å². The molecule has 4 aliphatic carbocycles. The van der Waals surface area contributed by atoms with Gasteiger partial charge in [0.05, 0.1) is 5.92 Å². The van der Waals surface area contributed by atoms with Crippen molar-refractivity contribution in [1.29, 1.82) is 0 Å². The highest BCUT2D eigenvalue weighted by Crippen LogP contribution is 2.66. The quantitative estimate of drug-likeness (QED) is 0.368. The van der Waals surface area contributed by atoms with E-state index < -0.39 is 6.29 Å². The van der Waals surface area contributed by atoms with E-state index in [0.717, 1.165) is 19.1 Å². The monoisotopic (exact) mass is 432 g/mol. The fourth-order valence-electron chi connectivity index (χ4n) is 7.60. The van der Waals surface area contributed by atoms with Crippen LogP contribution in [0.15, 0.2) is 23.3 Å². The van der Waals surface area contributed by atoms with E-state index in [1.165, 1.54) is 38.5 Å². The van der Waals surface area contributed by atoms with E-state index in [0.29, 0.717) is 17.3 Å². The van der Waals surface area contributed by atoms with Gasteiger partial charge in [0.25, 0.3) is 0 Å². The number of hydrogen-bond acceptors (Lipinski definition) is 5. The third kappa shape index (κ3) is 3.96. The Morgan fingerprint density at radius 1 is 1.00 bits per heavy atom. The molecule has 0 radical (unpaired) electrons. The lowest BCUT2D eigenvalue weighted by molar-refractivity contribution is -0.245. The van der Waals surface area contributed by atoms with E-state index in [2.05, 4.69) is 26.0 Å². The van der Waals surface area contributed by atoms with Crippen molar-refractivity contribution in [2.75, 3.05) is 27.8 Å². The number of allylic oxidation sites excluding steroid dienone is 4. The zero-order valence-electron chi connectivity index (χ0n) is 19.7. The molecule has 0 aromatic carbocycles. The molecule has 4 aliphatic rings. The minimum atomic E-state index is -0.640. The van der Waals surface area contributed by atoms with E-state index in [4.69, 9.17) is 18.9 Å². The number of fused-ring (bicyclic) bond motifs is 5. The van der Waals surface area contributed by atoms with Gasteiger partial charge in [-0.25, -0.2) is 0 Å². The molecule has 6 atom stereocenters. The van der Waals surface area contributed by atoms with Crippen LogP contribution in [-0.2, 0) is 23.7 Å². The van der Waals surface area contributed by atoms with Crippen molar-refractivity contribution >= 4 is 6.29 Å². The van der Waals surface area contributed by atoms with Crippen LogP contribution in [0.3, 0.4) is 0 Å². The van der Waals surface area contributed by atoms with Gasteiger partial charge in [-0.2, -0.15) is 0 Å². The van der Waals surface area contributed by atoms with Gasteiger partial charge in [-0.15, -0.1) is 0 Å². The molecule has 0 spiro atoms. The zero-order valence-corrected chi connectivity index (χ0v) is 19.7. The van der Waals surface area contributed by atoms with Crippen LogP contribution < -0.4 is 0 Å². The Morgan fingerprint density at radius 2 is 1.74 bits per heavy atom. The maximum Gasteiger partial charge on any atom is 0.172 e. The standard InChI is InChI=1S/C26H40O5/c1-25-13-6-5-7-18(25)8-9-19-21-10-11-22(26(21,2)14-12-23(19)25)20(15-27)24(30-16-28-3)31-17-29-4/h8-9,15,20-24H,5-7,10-14,16-17H2,1-4H3/t20?,21-,22+,23-,25-,26-/m0/s1. The molecule has 3 fully saturated rings. The third-order valence-corrected chi connectivity index (χ3v) is 9.19. The van der Waals surface area contributed by atoms with Gasteiger partial charge >= 0.3 is 0 Å². The lowest BCUT2D eigenvalue weighted by Gasteiger charge is -2.54. The highest BCUT2D eigenvalue weighted by atomic mass is 16.8. The summed E-state index contributed by atoms with van der Waals surface area (Å²) in [5.41, 5.74) is 3.77. The van der Waals surface area contributed by atoms with Crippen molar-refractivity contribution in [2.45, 2.75) is 71.5 Å². The summed E-state index contributed by atoms with van der Waals surface area (Å²) >= 11 is 0. The second-order valence-corrected chi connectivity index (χ2v) is 10.5. The van der Waals surface area contributed by atoms with Gasteiger partial charge in [-0.3, -0.25) is 0 Å². The summed E-state index contributed by atoms with van der Waals surface area (Å²) in [6, 6.07) is 0. The molecule has 1 unspecified atom stereocenters. The molecular weight excluding hydrogens is 392 g/mol. The predicted molar refractivity (Wildman–Crippen MR) is 119 cm³/mol. The van der Waals surface area contributed by atoms with Crippen molar-refractivity contribution < 1.29 is 23.7 Å². The number of carbonyl (C=O) groups excluding carboxylic acids is 1. The Labute approximate surface area is 187 Å². The Balaban J connectivity index is 1.59. The van der Waals surface area contributed by atoms with E-state index in [9.17, 15) is 4.79 Å². The molecule has 5 heteroatoms. The first-order valence-corrected chi connectivity index (χ1v) is 12.1. The molecule has 3 saturated carbocycles. The summed E-state index contributed by atoms with van der Waals surface area (Å²) in [7, 11) is 3.17. The molecule has 174 valence electrons. The number of methoxy groups -OCH3 is 2. The molecule has 0 saturated heterocycles. The summed E-state index contributed by atoms with van der Waals surface area (Å²) < 4.78 is 21.8. The molecule has 0 aliphatic heterocycles. The summed E-state index contributed by atoms with van der Waals surface area (Å²) in [4.78, 5) is 12.3. The largest absolute Gasteiger partial charge is 0.359 e. The number of ether oxygens (including phenoxy) is 4. The highest BCUT2D eigenvalue weighted by molar-refractivity contribution is 5.55. The van der Waals surface area contributed by atoms with Gasteiger partial charge in [0.2, 0.25) is 0 Å². The smallest absolute Gasteiger partial charge is 0.172 e. The Hall–Kier alpha value is -1.01. The fraction of sp³-hybridized carbons (Fsp3) is 0.808. The minimum absolute atomic E-state index is 0.0927. The van der Waals surface area contributed by atoms with E-state index in [1.54, 1.807) is 25.4 Å². The molecule has 0 aromatic rings. The third-order valence-electron chi connectivity index (χ3n) is 9.19. The Kier molecular flexibility index (Phi) is 7.07. The van der Waals surface area contributed by atoms with Crippen LogP contribution in [0.5, 0.6) is 0 Å². The summed E-state index contributed by atoms with van der Waals surface area (Å²) in [5, 5.41) is 0. The molecule has 0 N–H and O–H groups in total. The normalized spacial score (nSPS) is 38.0. The van der Waals surface area contributed by atoms with Gasteiger partial charge in [-0.1, -0.05) is 43.6 Å².